The van der Waals surface area contributed by atoms with E-state index < -0.39 is 29.6 Å². The highest BCUT2D eigenvalue weighted by Crippen LogP contribution is 2.38. The molecule has 31 heavy (non-hydrogen) atoms. The first-order valence-corrected chi connectivity index (χ1v) is 10.5. The number of carboxylic acid groups (broad SMARTS) is 1. The Kier molecular flexibility index (Phi) is 9.46. The van der Waals surface area contributed by atoms with Crippen LogP contribution in [0.2, 0.25) is 0 Å². The summed E-state index contributed by atoms with van der Waals surface area (Å²) in [6.45, 7) is 16.8. The van der Waals surface area contributed by atoms with Crippen molar-refractivity contribution in [1.29, 1.82) is 0 Å². The summed E-state index contributed by atoms with van der Waals surface area (Å²) in [5.41, 5.74) is -0.575. The second-order valence-corrected chi connectivity index (χ2v) is 9.05. The van der Waals surface area contributed by atoms with Crippen LogP contribution in [0.15, 0.2) is 25.3 Å². The molecule has 1 N–H and O–H groups in total. The second-order valence-electron chi connectivity index (χ2n) is 9.05. The zero-order valence-corrected chi connectivity index (χ0v) is 19.1. The molecule has 2 unspecified atom stereocenters. The van der Waals surface area contributed by atoms with Gasteiger partial charge in [-0.2, -0.15) is 0 Å². The number of piperidine rings is 1. The van der Waals surface area contributed by atoms with Crippen LogP contribution in [0, 0.1) is 23.7 Å². The number of carbonyl (C=O) groups is 4. The molecular weight excluding hydrogens is 402 g/mol. The number of aliphatic carboxylic acids is 1. The van der Waals surface area contributed by atoms with E-state index in [1.54, 1.807) is 26.8 Å². The van der Waals surface area contributed by atoms with Gasteiger partial charge in [-0.25, -0.2) is 9.69 Å². The number of nitrogens with zero attached hydrogens (tertiary/aromatic N) is 1. The lowest BCUT2D eigenvalue weighted by molar-refractivity contribution is -0.159. The van der Waals surface area contributed by atoms with Crippen LogP contribution < -0.4 is 0 Å². The summed E-state index contributed by atoms with van der Waals surface area (Å²) < 4.78 is 9.98. The molecule has 8 heteroatoms. The lowest BCUT2D eigenvalue weighted by atomic mass is 9.74. The number of cyclic esters (lactones) is 1. The minimum atomic E-state index is -0.999. The molecule has 0 radical (unpaired) electrons. The first-order chi connectivity index (χ1) is 14.3. The van der Waals surface area contributed by atoms with Gasteiger partial charge in [0.2, 0.25) is 5.91 Å². The molecule has 2 saturated heterocycles. The van der Waals surface area contributed by atoms with Crippen molar-refractivity contribution in [3.05, 3.63) is 25.3 Å². The topological polar surface area (TPSA) is 110 Å². The predicted molar refractivity (Wildman–Crippen MR) is 115 cm³/mol. The smallest absolute Gasteiger partial charge is 0.416 e. The first-order valence-electron chi connectivity index (χ1n) is 10.5. The number of allylic oxidation sites excluding steroid dienone is 2. The number of rotatable bonds is 7. The lowest BCUT2D eigenvalue weighted by Gasteiger charge is -2.40. The van der Waals surface area contributed by atoms with Crippen molar-refractivity contribution in [3.8, 4) is 0 Å². The molecule has 0 aromatic rings. The fourth-order valence-electron chi connectivity index (χ4n) is 3.75. The van der Waals surface area contributed by atoms with Crippen LogP contribution >= 0.6 is 0 Å². The van der Waals surface area contributed by atoms with Gasteiger partial charge in [-0.1, -0.05) is 26.0 Å². The number of hydrogen-bond acceptors (Lipinski definition) is 6. The molecule has 2 amide bonds. The van der Waals surface area contributed by atoms with Crippen molar-refractivity contribution < 1.29 is 33.8 Å². The van der Waals surface area contributed by atoms with Gasteiger partial charge in [-0.05, 0) is 45.4 Å². The minimum Gasteiger partial charge on any atom is -0.481 e. The minimum absolute atomic E-state index is 0.0731. The Hall–Kier alpha value is -2.64. The standard InChI is InChI=1S/C12H17NO3.C11H18O4/c1-4-5-9-7(2)8(3)10-6-16-12(15)13(10)11(9)14;1-5-6-8(10(13)14)7-9(12)15-11(2,3)4/h4,7-10H,1,5-6H2,2-3H3;5,8H,1,6-7H2,2-4H3,(H,13,14)/t7?,8?,9-,10-;8-/m11/s1. The van der Waals surface area contributed by atoms with E-state index in [1.807, 2.05) is 0 Å². The highest BCUT2D eigenvalue weighted by Gasteiger charge is 2.50. The maximum atomic E-state index is 12.1. The summed E-state index contributed by atoms with van der Waals surface area (Å²) in [6.07, 6.45) is 3.54. The number of esters is 1. The van der Waals surface area contributed by atoms with Gasteiger partial charge in [-0.15, -0.1) is 13.2 Å². The van der Waals surface area contributed by atoms with Gasteiger partial charge in [0, 0.05) is 5.92 Å². The SMILES string of the molecule is C=CC[C@H](CC(=O)OC(C)(C)C)C(=O)O.C=CC[C@H]1C(=O)N2C(=O)OC[C@@H]2C(C)C1C. The highest BCUT2D eigenvalue weighted by atomic mass is 16.6. The van der Waals surface area contributed by atoms with E-state index in [0.29, 0.717) is 13.0 Å². The molecule has 8 nitrogen and oxygen atoms in total. The van der Waals surface area contributed by atoms with Crippen LogP contribution in [0.4, 0.5) is 4.79 Å². The average molecular weight is 438 g/mol. The van der Waals surface area contributed by atoms with Crippen molar-refractivity contribution in [1.82, 2.24) is 4.90 Å². The third-order valence-electron chi connectivity index (χ3n) is 5.59. The molecule has 2 aliphatic rings. The van der Waals surface area contributed by atoms with Gasteiger partial charge in [0.15, 0.2) is 0 Å². The summed E-state index contributed by atoms with van der Waals surface area (Å²) in [5, 5.41) is 8.80. The fourth-order valence-corrected chi connectivity index (χ4v) is 3.75. The second kappa shape index (κ2) is 11.1. The Labute approximate surface area is 184 Å². The van der Waals surface area contributed by atoms with Crippen LogP contribution in [-0.4, -0.2) is 52.2 Å². The lowest BCUT2D eigenvalue weighted by Crippen LogP contribution is -2.54. The van der Waals surface area contributed by atoms with E-state index in [4.69, 9.17) is 14.6 Å². The van der Waals surface area contributed by atoms with Crippen molar-refractivity contribution >= 4 is 23.9 Å². The Morgan fingerprint density at radius 1 is 1.23 bits per heavy atom. The number of amides is 2. The number of carboxylic acids is 1. The van der Waals surface area contributed by atoms with E-state index in [2.05, 4.69) is 27.0 Å². The monoisotopic (exact) mass is 437 g/mol. The number of imide groups is 1. The molecule has 0 aromatic carbocycles. The molecule has 0 bridgehead atoms. The third kappa shape index (κ3) is 7.22. The van der Waals surface area contributed by atoms with E-state index >= 15 is 0 Å². The maximum absolute atomic E-state index is 12.1. The van der Waals surface area contributed by atoms with Gasteiger partial charge in [0.1, 0.15) is 12.2 Å². The zero-order valence-electron chi connectivity index (χ0n) is 19.1. The molecule has 0 aromatic heterocycles. The predicted octanol–water partition coefficient (Wildman–Crippen LogP) is 3.81. The number of hydrogen-bond donors (Lipinski definition) is 1. The maximum Gasteiger partial charge on any atom is 0.416 e. The molecule has 0 saturated carbocycles. The van der Waals surface area contributed by atoms with Crippen LogP contribution in [0.1, 0.15) is 53.9 Å². The number of fused-ring (bicyclic) bond motifs is 1. The van der Waals surface area contributed by atoms with Crippen molar-refractivity contribution in [2.45, 2.75) is 65.5 Å². The van der Waals surface area contributed by atoms with Crippen LogP contribution in [0.3, 0.4) is 0 Å². The van der Waals surface area contributed by atoms with E-state index in [-0.39, 0.29) is 42.5 Å². The molecule has 2 fully saturated rings. The summed E-state index contributed by atoms with van der Waals surface area (Å²) in [4.78, 5) is 47.0. The van der Waals surface area contributed by atoms with Gasteiger partial charge in [0.25, 0.3) is 0 Å². The van der Waals surface area contributed by atoms with Gasteiger partial charge in [-0.3, -0.25) is 14.4 Å². The summed E-state index contributed by atoms with van der Waals surface area (Å²) in [6, 6.07) is -0.0731. The molecule has 2 aliphatic heterocycles. The largest absolute Gasteiger partial charge is 0.481 e. The Balaban J connectivity index is 0.000000311. The summed E-state index contributed by atoms with van der Waals surface area (Å²) in [5.74, 6) is -1.90. The van der Waals surface area contributed by atoms with Gasteiger partial charge >= 0.3 is 18.0 Å². The summed E-state index contributed by atoms with van der Waals surface area (Å²) >= 11 is 0. The Bertz CT molecular complexity index is 709. The molecule has 2 rings (SSSR count). The molecule has 2 heterocycles. The number of carbonyl (C=O) groups excluding carboxylic acids is 3. The van der Waals surface area contributed by atoms with Gasteiger partial charge in [0.05, 0.1) is 18.4 Å². The average Bonchev–Trinajstić information content (AvgIpc) is 3.04. The molecule has 174 valence electrons. The first kappa shape index (κ1) is 26.4. The molecule has 0 spiro atoms. The highest BCUT2D eigenvalue weighted by molar-refractivity contribution is 5.95. The summed E-state index contributed by atoms with van der Waals surface area (Å²) in [7, 11) is 0. The molecular formula is C23H35NO7. The third-order valence-corrected chi connectivity index (χ3v) is 5.59. The molecule has 5 atom stereocenters. The van der Waals surface area contributed by atoms with Gasteiger partial charge < -0.3 is 14.6 Å². The normalized spacial score (nSPS) is 26.0. The Morgan fingerprint density at radius 3 is 2.32 bits per heavy atom. The van der Waals surface area contributed by atoms with Crippen molar-refractivity contribution in [2.24, 2.45) is 23.7 Å². The quantitative estimate of drug-likeness (QED) is 0.476. The van der Waals surface area contributed by atoms with E-state index in [0.717, 1.165) is 0 Å². The Morgan fingerprint density at radius 2 is 1.84 bits per heavy atom. The van der Waals surface area contributed by atoms with Crippen LogP contribution in [0.5, 0.6) is 0 Å². The van der Waals surface area contributed by atoms with E-state index in [9.17, 15) is 19.2 Å². The fraction of sp³-hybridized carbons (Fsp3) is 0.652. The van der Waals surface area contributed by atoms with Crippen LogP contribution in [0.25, 0.3) is 0 Å². The van der Waals surface area contributed by atoms with Crippen LogP contribution in [-0.2, 0) is 23.9 Å². The van der Waals surface area contributed by atoms with E-state index in [1.165, 1.54) is 11.0 Å². The zero-order chi connectivity index (χ0) is 23.9. The molecule has 0 aliphatic carbocycles. The van der Waals surface area contributed by atoms with Crippen molar-refractivity contribution in [2.75, 3.05) is 6.61 Å². The number of ether oxygens (including phenoxy) is 2. The van der Waals surface area contributed by atoms with Crippen molar-refractivity contribution in [3.63, 3.8) is 0 Å².